The van der Waals surface area contributed by atoms with Crippen molar-refractivity contribution < 1.29 is 0 Å². The molecule has 0 saturated carbocycles. The summed E-state index contributed by atoms with van der Waals surface area (Å²) < 4.78 is 0. The predicted molar refractivity (Wildman–Crippen MR) is 180 cm³/mol. The lowest BCUT2D eigenvalue weighted by atomic mass is 10.0. The van der Waals surface area contributed by atoms with Crippen LogP contribution in [0, 0.1) is 0 Å². The fourth-order valence-electron chi connectivity index (χ4n) is 5.23. The van der Waals surface area contributed by atoms with Gasteiger partial charge in [-0.2, -0.15) is 0 Å². The monoisotopic (exact) mass is 544 g/mol. The average molecular weight is 545 g/mol. The first-order valence-electron chi connectivity index (χ1n) is 17.0. The van der Waals surface area contributed by atoms with Crippen LogP contribution in [0.25, 0.3) is 0 Å². The summed E-state index contributed by atoms with van der Waals surface area (Å²) >= 11 is 0. The molecule has 0 aliphatic carbocycles. The summed E-state index contributed by atoms with van der Waals surface area (Å²) in [6, 6.07) is 17.7. The third-order valence-electron chi connectivity index (χ3n) is 7.93. The Morgan fingerprint density at radius 2 is 0.875 bits per heavy atom. The number of unbranched alkanes of at least 4 members (excludes halogenated alkanes) is 15. The highest BCUT2D eigenvalue weighted by atomic mass is 14.8. The van der Waals surface area contributed by atoms with E-state index in [4.69, 9.17) is 9.98 Å². The first-order chi connectivity index (χ1) is 19.7. The van der Waals surface area contributed by atoms with Crippen LogP contribution < -0.4 is 0 Å². The summed E-state index contributed by atoms with van der Waals surface area (Å²) in [6.45, 7) is 6.81. The second-order valence-electron chi connectivity index (χ2n) is 11.7. The number of aryl methyl sites for hydroxylation is 2. The summed E-state index contributed by atoms with van der Waals surface area (Å²) in [5.74, 6) is 0. The molecule has 0 radical (unpaired) electrons. The minimum Gasteiger partial charge on any atom is -0.255 e. The summed E-state index contributed by atoms with van der Waals surface area (Å²) in [4.78, 5) is 9.75. The summed E-state index contributed by atoms with van der Waals surface area (Å²) in [5.41, 5.74) is 5.99. The average Bonchev–Trinajstić information content (AvgIpc) is 2.98. The molecule has 0 N–H and O–H groups in total. The van der Waals surface area contributed by atoms with Crippen LogP contribution in [0.1, 0.15) is 154 Å². The standard InChI is InChI=1S/C38H60N2/c1-4-7-10-12-14-16-18-20-22-34-25-29-36(30-26-34)39-33-38(24-9-6-3)40-37-31-27-35(28-32-37)23-21-19-17-15-13-11-8-5-2/h25-33H,4-24H2,1-3H3. The maximum Gasteiger partial charge on any atom is 0.0633 e. The van der Waals surface area contributed by atoms with Gasteiger partial charge in [0.25, 0.3) is 0 Å². The van der Waals surface area contributed by atoms with Crippen LogP contribution in [-0.4, -0.2) is 11.9 Å². The molecule has 2 aromatic rings. The Morgan fingerprint density at radius 1 is 0.475 bits per heavy atom. The molecule has 222 valence electrons. The normalized spacial score (nSPS) is 12.0. The fraction of sp³-hybridized carbons (Fsp3) is 0.632. The lowest BCUT2D eigenvalue weighted by Gasteiger charge is -2.05. The molecule has 2 rings (SSSR count). The number of aliphatic imine (C=N–C) groups is 2. The number of hydrogen-bond donors (Lipinski definition) is 0. The minimum atomic E-state index is 0.969. The molecule has 40 heavy (non-hydrogen) atoms. The Kier molecular flexibility index (Phi) is 19.9. The van der Waals surface area contributed by atoms with E-state index in [-0.39, 0.29) is 0 Å². The molecular formula is C38H60N2. The molecule has 0 bridgehead atoms. The molecule has 0 heterocycles. The van der Waals surface area contributed by atoms with E-state index in [9.17, 15) is 0 Å². The summed E-state index contributed by atoms with van der Waals surface area (Å²) in [6.07, 6.45) is 29.6. The van der Waals surface area contributed by atoms with Gasteiger partial charge >= 0.3 is 0 Å². The van der Waals surface area contributed by atoms with Gasteiger partial charge in [0.2, 0.25) is 0 Å². The van der Waals surface area contributed by atoms with Crippen LogP contribution in [-0.2, 0) is 12.8 Å². The SMILES string of the molecule is CCCCCCCCCCc1ccc(N=CC(CCCC)=Nc2ccc(CCCCCCCCCC)cc2)cc1. The minimum absolute atomic E-state index is 0.969. The van der Waals surface area contributed by atoms with Gasteiger partial charge in [0, 0.05) is 6.21 Å². The van der Waals surface area contributed by atoms with Crippen molar-refractivity contribution in [2.24, 2.45) is 9.98 Å². The van der Waals surface area contributed by atoms with Crippen molar-refractivity contribution in [3.63, 3.8) is 0 Å². The number of benzene rings is 2. The molecule has 0 aliphatic rings. The molecular weight excluding hydrogens is 484 g/mol. The molecule has 2 nitrogen and oxygen atoms in total. The molecule has 0 aromatic heterocycles. The summed E-state index contributed by atoms with van der Waals surface area (Å²) in [5, 5.41) is 0. The van der Waals surface area contributed by atoms with Gasteiger partial charge in [0.15, 0.2) is 0 Å². The quantitative estimate of drug-likeness (QED) is 0.0927. The van der Waals surface area contributed by atoms with Crippen LogP contribution in [0.15, 0.2) is 58.5 Å². The fourth-order valence-corrected chi connectivity index (χ4v) is 5.23. The molecule has 0 atom stereocenters. The topological polar surface area (TPSA) is 24.7 Å². The molecule has 0 spiro atoms. The van der Waals surface area contributed by atoms with E-state index in [2.05, 4.69) is 69.3 Å². The van der Waals surface area contributed by atoms with Crippen LogP contribution in [0.3, 0.4) is 0 Å². The van der Waals surface area contributed by atoms with Crippen molar-refractivity contribution in [1.82, 2.24) is 0 Å². The van der Waals surface area contributed by atoms with E-state index in [1.54, 1.807) is 0 Å². The van der Waals surface area contributed by atoms with Crippen LogP contribution >= 0.6 is 0 Å². The van der Waals surface area contributed by atoms with Gasteiger partial charge in [-0.25, -0.2) is 0 Å². The first kappa shape index (κ1) is 34.0. The third kappa shape index (κ3) is 16.8. The highest BCUT2D eigenvalue weighted by Gasteiger charge is 2.01. The van der Waals surface area contributed by atoms with E-state index in [0.29, 0.717) is 0 Å². The van der Waals surface area contributed by atoms with Crippen LogP contribution in [0.4, 0.5) is 11.4 Å². The Balaban J connectivity index is 1.78. The first-order valence-corrected chi connectivity index (χ1v) is 17.0. The molecule has 0 fully saturated rings. The van der Waals surface area contributed by atoms with Crippen molar-refractivity contribution in [1.29, 1.82) is 0 Å². The van der Waals surface area contributed by atoms with Gasteiger partial charge in [-0.15, -0.1) is 0 Å². The van der Waals surface area contributed by atoms with Gasteiger partial charge in [-0.3, -0.25) is 9.98 Å². The van der Waals surface area contributed by atoms with Gasteiger partial charge in [0.1, 0.15) is 0 Å². The Bertz CT molecular complexity index is 908. The Morgan fingerprint density at radius 3 is 1.32 bits per heavy atom. The second kappa shape index (κ2) is 23.5. The van der Waals surface area contributed by atoms with Gasteiger partial charge in [-0.05, 0) is 73.9 Å². The maximum atomic E-state index is 4.96. The summed E-state index contributed by atoms with van der Waals surface area (Å²) in [7, 11) is 0. The van der Waals surface area contributed by atoms with Gasteiger partial charge in [0.05, 0.1) is 17.1 Å². The zero-order valence-corrected chi connectivity index (χ0v) is 26.4. The van der Waals surface area contributed by atoms with Crippen molar-refractivity contribution >= 4 is 23.3 Å². The van der Waals surface area contributed by atoms with E-state index in [1.807, 2.05) is 6.21 Å². The second-order valence-corrected chi connectivity index (χ2v) is 11.7. The molecule has 2 heteroatoms. The Labute approximate surface area is 248 Å². The highest BCUT2D eigenvalue weighted by Crippen LogP contribution is 2.19. The van der Waals surface area contributed by atoms with Gasteiger partial charge in [-0.1, -0.05) is 141 Å². The highest BCUT2D eigenvalue weighted by molar-refractivity contribution is 6.31. The molecule has 2 aromatic carbocycles. The van der Waals surface area contributed by atoms with Crippen molar-refractivity contribution in [3.05, 3.63) is 59.7 Å². The smallest absolute Gasteiger partial charge is 0.0633 e. The zero-order valence-electron chi connectivity index (χ0n) is 26.4. The lowest BCUT2D eigenvalue weighted by molar-refractivity contribution is 0.575. The van der Waals surface area contributed by atoms with Gasteiger partial charge < -0.3 is 0 Å². The Hall–Kier alpha value is -2.22. The lowest BCUT2D eigenvalue weighted by Crippen LogP contribution is -1.99. The predicted octanol–water partition coefficient (Wildman–Crippen LogP) is 12.7. The number of nitrogens with zero attached hydrogens (tertiary/aromatic N) is 2. The van der Waals surface area contributed by atoms with E-state index in [1.165, 1.54) is 127 Å². The largest absolute Gasteiger partial charge is 0.255 e. The van der Waals surface area contributed by atoms with Crippen molar-refractivity contribution in [2.45, 2.75) is 156 Å². The number of hydrogen-bond acceptors (Lipinski definition) is 2. The van der Waals surface area contributed by atoms with Crippen LogP contribution in [0.2, 0.25) is 0 Å². The molecule has 0 unspecified atom stereocenters. The van der Waals surface area contributed by atoms with Crippen LogP contribution in [0.5, 0.6) is 0 Å². The van der Waals surface area contributed by atoms with E-state index >= 15 is 0 Å². The zero-order chi connectivity index (χ0) is 28.5. The third-order valence-corrected chi connectivity index (χ3v) is 7.93. The molecule has 0 saturated heterocycles. The van der Waals surface area contributed by atoms with Crippen molar-refractivity contribution in [3.8, 4) is 0 Å². The number of rotatable bonds is 24. The molecule has 0 aliphatic heterocycles. The van der Waals surface area contributed by atoms with Crippen molar-refractivity contribution in [2.75, 3.05) is 0 Å². The van der Waals surface area contributed by atoms with E-state index in [0.717, 1.165) is 36.3 Å². The molecule has 0 amide bonds. The maximum absolute atomic E-state index is 4.96. The van der Waals surface area contributed by atoms with E-state index < -0.39 is 0 Å².